The standard InChI is InChI=1S/C7H9NO3S/c1-11-7-5-3-2-4-6(7)8-12(9)10/h2-5,8H,1H3,(H,9,10)/p-1. The van der Waals surface area contributed by atoms with Crippen LogP contribution in [0.4, 0.5) is 5.69 Å². The highest BCUT2D eigenvalue weighted by atomic mass is 32.2. The van der Waals surface area contributed by atoms with E-state index >= 15 is 0 Å². The minimum atomic E-state index is -2.31. The first-order valence-corrected chi connectivity index (χ1v) is 4.30. The Morgan fingerprint density at radius 2 is 2.17 bits per heavy atom. The molecule has 0 aliphatic rings. The van der Waals surface area contributed by atoms with Crippen LogP contribution in [-0.4, -0.2) is 15.9 Å². The fourth-order valence-electron chi connectivity index (χ4n) is 0.819. The summed E-state index contributed by atoms with van der Waals surface area (Å²) in [5.41, 5.74) is 0.438. The zero-order chi connectivity index (χ0) is 8.97. The molecule has 5 heteroatoms. The smallest absolute Gasteiger partial charge is 0.142 e. The molecular weight excluding hydrogens is 178 g/mol. The van der Waals surface area contributed by atoms with Crippen LogP contribution in [-0.2, 0) is 11.3 Å². The summed E-state index contributed by atoms with van der Waals surface area (Å²) in [6.07, 6.45) is 0. The topological polar surface area (TPSA) is 61.4 Å². The van der Waals surface area contributed by atoms with Gasteiger partial charge in [0.1, 0.15) is 5.75 Å². The largest absolute Gasteiger partial charge is 0.755 e. The summed E-state index contributed by atoms with van der Waals surface area (Å²) in [5, 5.41) is 0. The summed E-state index contributed by atoms with van der Waals surface area (Å²) < 4.78 is 27.7. The fourth-order valence-corrected chi connectivity index (χ4v) is 1.17. The molecule has 0 aromatic heterocycles. The van der Waals surface area contributed by atoms with Crippen LogP contribution >= 0.6 is 0 Å². The molecule has 1 atom stereocenters. The third kappa shape index (κ3) is 2.21. The van der Waals surface area contributed by atoms with E-state index in [2.05, 4.69) is 4.72 Å². The molecule has 4 nitrogen and oxygen atoms in total. The van der Waals surface area contributed by atoms with Crippen LogP contribution in [0.15, 0.2) is 24.3 Å². The van der Waals surface area contributed by atoms with Crippen molar-refractivity contribution in [2.24, 2.45) is 0 Å². The van der Waals surface area contributed by atoms with Gasteiger partial charge >= 0.3 is 0 Å². The monoisotopic (exact) mass is 186 g/mol. The van der Waals surface area contributed by atoms with Crippen LogP contribution in [0.1, 0.15) is 0 Å². The Hall–Kier alpha value is -1.07. The van der Waals surface area contributed by atoms with Crippen molar-refractivity contribution in [1.29, 1.82) is 0 Å². The van der Waals surface area contributed by atoms with Crippen molar-refractivity contribution in [1.82, 2.24) is 0 Å². The van der Waals surface area contributed by atoms with Gasteiger partial charge in [-0.1, -0.05) is 12.1 Å². The maximum atomic E-state index is 10.3. The van der Waals surface area contributed by atoms with E-state index in [-0.39, 0.29) is 0 Å². The molecule has 1 aromatic rings. The second-order valence-corrected chi connectivity index (χ2v) is 2.71. The number of ether oxygens (including phenoxy) is 1. The zero-order valence-electron chi connectivity index (χ0n) is 6.44. The van der Waals surface area contributed by atoms with Gasteiger partial charge in [0, 0.05) is 11.3 Å². The number of anilines is 1. The van der Waals surface area contributed by atoms with Gasteiger partial charge in [0.25, 0.3) is 0 Å². The highest BCUT2D eigenvalue weighted by Crippen LogP contribution is 2.22. The van der Waals surface area contributed by atoms with Gasteiger partial charge < -0.3 is 14.0 Å². The first kappa shape index (κ1) is 9.02. The zero-order valence-corrected chi connectivity index (χ0v) is 7.26. The minimum absolute atomic E-state index is 0.438. The molecule has 66 valence electrons. The molecule has 0 aliphatic heterocycles. The van der Waals surface area contributed by atoms with Crippen LogP contribution < -0.4 is 9.46 Å². The average molecular weight is 186 g/mol. The van der Waals surface area contributed by atoms with E-state index in [9.17, 15) is 8.76 Å². The molecule has 0 amide bonds. The Morgan fingerprint density at radius 3 is 2.75 bits per heavy atom. The molecule has 1 aromatic carbocycles. The van der Waals surface area contributed by atoms with E-state index in [0.717, 1.165) is 0 Å². The molecule has 1 N–H and O–H groups in total. The molecule has 0 bridgehead atoms. The van der Waals surface area contributed by atoms with E-state index in [4.69, 9.17) is 4.74 Å². The van der Waals surface area contributed by atoms with Gasteiger partial charge in [0.2, 0.25) is 0 Å². The lowest BCUT2D eigenvalue weighted by atomic mass is 10.3. The maximum Gasteiger partial charge on any atom is 0.142 e. The predicted octanol–water partition coefficient (Wildman–Crippen LogP) is 0.901. The third-order valence-electron chi connectivity index (χ3n) is 1.30. The predicted molar refractivity (Wildman–Crippen MR) is 45.5 cm³/mol. The van der Waals surface area contributed by atoms with Crippen LogP contribution in [0, 0.1) is 0 Å². The average Bonchev–Trinajstić information content (AvgIpc) is 2.04. The van der Waals surface area contributed by atoms with Gasteiger partial charge in [-0.25, -0.2) is 0 Å². The van der Waals surface area contributed by atoms with Gasteiger partial charge in [-0.3, -0.25) is 4.21 Å². The van der Waals surface area contributed by atoms with Crippen molar-refractivity contribution >= 4 is 17.0 Å². The Balaban J connectivity index is 2.89. The summed E-state index contributed by atoms with van der Waals surface area (Å²) in [4.78, 5) is 0. The highest BCUT2D eigenvalue weighted by Gasteiger charge is 1.98. The molecule has 0 saturated carbocycles. The number of hydrogen-bond donors (Lipinski definition) is 1. The van der Waals surface area contributed by atoms with Crippen molar-refractivity contribution in [3.8, 4) is 5.75 Å². The molecule has 1 rings (SSSR count). The second kappa shape index (κ2) is 4.08. The normalized spacial score (nSPS) is 12.2. The van der Waals surface area contributed by atoms with Gasteiger partial charge in [0.15, 0.2) is 0 Å². The molecule has 0 spiro atoms. The van der Waals surface area contributed by atoms with Crippen LogP contribution in [0.2, 0.25) is 0 Å². The first-order valence-electron chi connectivity index (χ1n) is 3.23. The number of hydrogen-bond acceptors (Lipinski definition) is 3. The summed E-state index contributed by atoms with van der Waals surface area (Å²) in [5.74, 6) is 0.502. The lowest BCUT2D eigenvalue weighted by molar-refractivity contribution is 0.417. The SMILES string of the molecule is COc1ccccc1NS(=O)[O-]. The van der Waals surface area contributed by atoms with Crippen molar-refractivity contribution in [2.75, 3.05) is 11.8 Å². The van der Waals surface area contributed by atoms with Crippen molar-refractivity contribution in [2.45, 2.75) is 0 Å². The van der Waals surface area contributed by atoms with Crippen LogP contribution in [0.3, 0.4) is 0 Å². The Labute approximate surface area is 73.0 Å². The molecule has 12 heavy (non-hydrogen) atoms. The number of methoxy groups -OCH3 is 1. The molecule has 0 fully saturated rings. The third-order valence-corrected chi connectivity index (χ3v) is 1.69. The van der Waals surface area contributed by atoms with Crippen molar-refractivity contribution in [3.05, 3.63) is 24.3 Å². The fraction of sp³-hybridized carbons (Fsp3) is 0.143. The van der Waals surface area contributed by atoms with E-state index in [1.807, 2.05) is 0 Å². The summed E-state index contributed by atoms with van der Waals surface area (Å²) >= 11 is -2.31. The molecule has 0 aliphatic carbocycles. The number of para-hydroxylation sites is 2. The van der Waals surface area contributed by atoms with Gasteiger partial charge in [-0.05, 0) is 12.1 Å². The van der Waals surface area contributed by atoms with Crippen LogP contribution in [0.5, 0.6) is 5.75 Å². The second-order valence-electron chi connectivity index (χ2n) is 2.04. The molecule has 0 heterocycles. The van der Waals surface area contributed by atoms with E-state index in [1.54, 1.807) is 24.3 Å². The lowest BCUT2D eigenvalue weighted by Crippen LogP contribution is -2.03. The van der Waals surface area contributed by atoms with Crippen molar-refractivity contribution < 1.29 is 13.5 Å². The Kier molecular flexibility index (Phi) is 3.07. The number of rotatable bonds is 3. The Bertz CT molecular complexity index is 290. The number of benzene rings is 1. The van der Waals surface area contributed by atoms with E-state index < -0.39 is 11.3 Å². The summed E-state index contributed by atoms with van der Waals surface area (Å²) in [6, 6.07) is 6.78. The van der Waals surface area contributed by atoms with Crippen LogP contribution in [0.25, 0.3) is 0 Å². The van der Waals surface area contributed by atoms with Gasteiger partial charge in [-0.2, -0.15) is 0 Å². The Morgan fingerprint density at radius 1 is 1.50 bits per heavy atom. The summed E-state index contributed by atoms with van der Waals surface area (Å²) in [6.45, 7) is 0. The van der Waals surface area contributed by atoms with Gasteiger partial charge in [-0.15, -0.1) is 0 Å². The molecule has 0 radical (unpaired) electrons. The van der Waals surface area contributed by atoms with Crippen molar-refractivity contribution in [3.63, 3.8) is 0 Å². The van der Waals surface area contributed by atoms with E-state index in [0.29, 0.717) is 11.4 Å². The lowest BCUT2D eigenvalue weighted by Gasteiger charge is -2.11. The molecule has 0 saturated heterocycles. The molecular formula is C7H8NO3S-. The minimum Gasteiger partial charge on any atom is -0.755 e. The van der Waals surface area contributed by atoms with E-state index in [1.165, 1.54) is 7.11 Å². The van der Waals surface area contributed by atoms with Gasteiger partial charge in [0.05, 0.1) is 12.8 Å². The highest BCUT2D eigenvalue weighted by molar-refractivity contribution is 7.80. The molecule has 1 unspecified atom stereocenters. The quantitative estimate of drug-likeness (QED) is 0.713. The maximum absolute atomic E-state index is 10.3. The first-order chi connectivity index (χ1) is 5.74. The summed E-state index contributed by atoms with van der Waals surface area (Å²) in [7, 11) is 1.48. The number of nitrogens with one attached hydrogen (secondary N) is 1.